The van der Waals surface area contributed by atoms with Crippen molar-refractivity contribution in [1.82, 2.24) is 24.5 Å². The predicted molar refractivity (Wildman–Crippen MR) is 108 cm³/mol. The van der Waals surface area contributed by atoms with E-state index >= 15 is 0 Å². The molecule has 1 aliphatic rings. The summed E-state index contributed by atoms with van der Waals surface area (Å²) in [5.74, 6) is 1.54. The van der Waals surface area contributed by atoms with E-state index in [0.29, 0.717) is 24.5 Å². The van der Waals surface area contributed by atoms with Crippen LogP contribution < -0.4 is 0 Å². The van der Waals surface area contributed by atoms with Crippen molar-refractivity contribution in [2.75, 3.05) is 13.1 Å². The van der Waals surface area contributed by atoms with E-state index in [-0.39, 0.29) is 5.91 Å². The van der Waals surface area contributed by atoms with Crippen molar-refractivity contribution in [3.05, 3.63) is 59.2 Å². The molecule has 0 radical (unpaired) electrons. The molecule has 4 rings (SSSR count). The Morgan fingerprint density at radius 1 is 1.14 bits per heavy atom. The summed E-state index contributed by atoms with van der Waals surface area (Å²) in [5.41, 5.74) is 4.46. The molecule has 1 aromatic carbocycles. The van der Waals surface area contributed by atoms with Gasteiger partial charge in [0, 0.05) is 30.9 Å². The van der Waals surface area contributed by atoms with Crippen molar-refractivity contribution >= 4 is 11.7 Å². The van der Waals surface area contributed by atoms with Gasteiger partial charge in [-0.3, -0.25) is 4.79 Å². The van der Waals surface area contributed by atoms with Gasteiger partial charge in [-0.05, 0) is 56.6 Å². The first kappa shape index (κ1) is 18.6. The van der Waals surface area contributed by atoms with Gasteiger partial charge in [0.15, 0.2) is 0 Å². The fourth-order valence-electron chi connectivity index (χ4n) is 4.24. The average Bonchev–Trinajstić information content (AvgIpc) is 3.17. The first-order valence-electron chi connectivity index (χ1n) is 10.1. The third kappa shape index (κ3) is 3.91. The summed E-state index contributed by atoms with van der Waals surface area (Å²) in [6.07, 6.45) is 6.03. The van der Waals surface area contributed by atoms with Crippen molar-refractivity contribution in [3.63, 3.8) is 0 Å². The normalized spacial score (nSPS) is 15.3. The molecule has 0 atom stereocenters. The van der Waals surface area contributed by atoms with Gasteiger partial charge in [-0.1, -0.05) is 30.3 Å². The number of rotatable bonds is 5. The molecule has 6 nitrogen and oxygen atoms in total. The molecular formula is C22H27N5O. The standard InChI is InChI=1S/C22H27N5O/c1-16-20(17(2)27-22(25-16)23-15-24-27)8-9-21(28)26-12-10-19(11-13-26)14-18-6-4-3-5-7-18/h3-7,15,19H,8-14H2,1-2H3. The lowest BCUT2D eigenvalue weighted by atomic mass is 9.90. The van der Waals surface area contributed by atoms with Gasteiger partial charge in [-0.15, -0.1) is 0 Å². The number of carbonyl (C=O) groups excluding carboxylic acids is 1. The fourth-order valence-corrected chi connectivity index (χ4v) is 4.24. The monoisotopic (exact) mass is 377 g/mol. The van der Waals surface area contributed by atoms with E-state index in [0.717, 1.165) is 49.3 Å². The average molecular weight is 377 g/mol. The molecule has 0 saturated carbocycles. The molecule has 3 aromatic rings. The second-order valence-corrected chi connectivity index (χ2v) is 7.75. The van der Waals surface area contributed by atoms with Crippen LogP contribution in [0.3, 0.4) is 0 Å². The number of aromatic nitrogens is 4. The number of hydrogen-bond donors (Lipinski definition) is 0. The fraction of sp³-hybridized carbons (Fsp3) is 0.455. The lowest BCUT2D eigenvalue weighted by Crippen LogP contribution is -2.39. The summed E-state index contributed by atoms with van der Waals surface area (Å²) in [7, 11) is 0. The Hall–Kier alpha value is -2.76. The molecule has 1 fully saturated rings. The minimum absolute atomic E-state index is 0.246. The van der Waals surface area contributed by atoms with E-state index in [2.05, 4.69) is 45.4 Å². The molecule has 0 spiro atoms. The van der Waals surface area contributed by atoms with Crippen LogP contribution in [-0.4, -0.2) is 43.5 Å². The summed E-state index contributed by atoms with van der Waals surface area (Å²) in [4.78, 5) is 23.4. The number of likely N-dealkylation sites (tertiary alicyclic amines) is 1. The highest BCUT2D eigenvalue weighted by atomic mass is 16.2. The van der Waals surface area contributed by atoms with Crippen LogP contribution in [0.4, 0.5) is 0 Å². The smallest absolute Gasteiger partial charge is 0.252 e. The lowest BCUT2D eigenvalue weighted by molar-refractivity contribution is -0.132. The lowest BCUT2D eigenvalue weighted by Gasteiger charge is -2.32. The quantitative estimate of drug-likeness (QED) is 0.685. The second kappa shape index (κ2) is 8.09. The topological polar surface area (TPSA) is 63.4 Å². The van der Waals surface area contributed by atoms with Gasteiger partial charge in [0.05, 0.1) is 0 Å². The number of aryl methyl sites for hydroxylation is 2. The molecule has 2 aromatic heterocycles. The molecule has 28 heavy (non-hydrogen) atoms. The van der Waals surface area contributed by atoms with E-state index in [1.807, 2.05) is 18.7 Å². The number of hydrogen-bond acceptors (Lipinski definition) is 4. The number of benzene rings is 1. The van der Waals surface area contributed by atoms with E-state index < -0.39 is 0 Å². The Labute approximate surface area is 165 Å². The molecule has 1 aliphatic heterocycles. The SMILES string of the molecule is Cc1nc2ncnn2c(C)c1CCC(=O)N1CCC(Cc2ccccc2)CC1. The van der Waals surface area contributed by atoms with Crippen molar-refractivity contribution in [3.8, 4) is 0 Å². The van der Waals surface area contributed by atoms with Gasteiger partial charge in [0.1, 0.15) is 6.33 Å². The van der Waals surface area contributed by atoms with Crippen LogP contribution in [0.25, 0.3) is 5.78 Å². The van der Waals surface area contributed by atoms with Crippen molar-refractivity contribution < 1.29 is 4.79 Å². The van der Waals surface area contributed by atoms with Crippen LogP contribution in [0, 0.1) is 19.8 Å². The molecule has 0 bridgehead atoms. The molecule has 146 valence electrons. The molecule has 0 aliphatic carbocycles. The van der Waals surface area contributed by atoms with Crippen molar-refractivity contribution in [1.29, 1.82) is 0 Å². The Morgan fingerprint density at radius 3 is 2.64 bits per heavy atom. The summed E-state index contributed by atoms with van der Waals surface area (Å²) in [6, 6.07) is 10.7. The highest BCUT2D eigenvalue weighted by Gasteiger charge is 2.23. The Kier molecular flexibility index (Phi) is 5.37. The van der Waals surface area contributed by atoms with Crippen LogP contribution >= 0.6 is 0 Å². The molecule has 0 N–H and O–H groups in total. The highest BCUT2D eigenvalue weighted by Crippen LogP contribution is 2.23. The minimum atomic E-state index is 0.246. The molecule has 1 saturated heterocycles. The zero-order valence-electron chi connectivity index (χ0n) is 16.6. The first-order valence-corrected chi connectivity index (χ1v) is 10.1. The number of fused-ring (bicyclic) bond motifs is 1. The number of amides is 1. The first-order chi connectivity index (χ1) is 13.6. The van der Waals surface area contributed by atoms with Crippen molar-refractivity contribution in [2.24, 2.45) is 5.92 Å². The summed E-state index contributed by atoms with van der Waals surface area (Å²) < 4.78 is 1.75. The Morgan fingerprint density at radius 2 is 1.89 bits per heavy atom. The number of nitrogens with zero attached hydrogens (tertiary/aromatic N) is 5. The van der Waals surface area contributed by atoms with E-state index in [9.17, 15) is 4.79 Å². The van der Waals surface area contributed by atoms with Crippen LogP contribution in [0.2, 0.25) is 0 Å². The van der Waals surface area contributed by atoms with Crippen LogP contribution in [0.15, 0.2) is 36.7 Å². The van der Waals surface area contributed by atoms with E-state index in [1.165, 1.54) is 11.9 Å². The Bertz CT molecular complexity index is 958. The second-order valence-electron chi connectivity index (χ2n) is 7.75. The molecule has 0 unspecified atom stereocenters. The van der Waals surface area contributed by atoms with Gasteiger partial charge in [-0.25, -0.2) is 9.50 Å². The largest absolute Gasteiger partial charge is 0.343 e. The summed E-state index contributed by atoms with van der Waals surface area (Å²) >= 11 is 0. The highest BCUT2D eigenvalue weighted by molar-refractivity contribution is 5.76. The van der Waals surface area contributed by atoms with E-state index in [4.69, 9.17) is 0 Å². The molecule has 1 amide bonds. The van der Waals surface area contributed by atoms with Crippen molar-refractivity contribution in [2.45, 2.75) is 46.0 Å². The number of piperidine rings is 1. The van der Waals surface area contributed by atoms with Gasteiger partial charge in [0.2, 0.25) is 5.91 Å². The zero-order chi connectivity index (χ0) is 19.5. The van der Waals surface area contributed by atoms with Crippen LogP contribution in [-0.2, 0) is 17.6 Å². The number of carbonyl (C=O) groups is 1. The maximum atomic E-state index is 12.7. The van der Waals surface area contributed by atoms with Gasteiger partial charge < -0.3 is 4.90 Å². The molecule has 3 heterocycles. The summed E-state index contributed by atoms with van der Waals surface area (Å²) in [6.45, 7) is 5.74. The van der Waals surface area contributed by atoms with Crippen LogP contribution in [0.1, 0.15) is 41.8 Å². The summed E-state index contributed by atoms with van der Waals surface area (Å²) in [5, 5.41) is 4.23. The Balaban J connectivity index is 1.32. The predicted octanol–water partition coefficient (Wildman–Crippen LogP) is 3.16. The third-order valence-corrected chi connectivity index (χ3v) is 5.91. The maximum Gasteiger partial charge on any atom is 0.252 e. The van der Waals surface area contributed by atoms with E-state index in [1.54, 1.807) is 4.52 Å². The zero-order valence-corrected chi connectivity index (χ0v) is 16.6. The third-order valence-electron chi connectivity index (χ3n) is 5.91. The van der Waals surface area contributed by atoms with Gasteiger partial charge >= 0.3 is 0 Å². The maximum absolute atomic E-state index is 12.7. The minimum Gasteiger partial charge on any atom is -0.343 e. The molecular weight excluding hydrogens is 350 g/mol. The van der Waals surface area contributed by atoms with Crippen LogP contribution in [0.5, 0.6) is 0 Å². The molecule has 6 heteroatoms. The van der Waals surface area contributed by atoms with Gasteiger partial charge in [-0.2, -0.15) is 10.1 Å². The van der Waals surface area contributed by atoms with Gasteiger partial charge in [0.25, 0.3) is 5.78 Å².